The molecule has 1 heterocycles. The van der Waals surface area contributed by atoms with E-state index in [1.165, 1.54) is 12.1 Å². The van der Waals surface area contributed by atoms with Crippen LogP contribution in [-0.2, 0) is 35.2 Å². The summed E-state index contributed by atoms with van der Waals surface area (Å²) in [5.41, 5.74) is 6.01. The van der Waals surface area contributed by atoms with E-state index in [1.54, 1.807) is 26.0 Å². The van der Waals surface area contributed by atoms with Gasteiger partial charge in [-0.25, -0.2) is 0 Å². The minimum absolute atomic E-state index is 0.0136. The molecule has 1 saturated heterocycles. The molecular weight excluding hydrogens is 584 g/mol. The van der Waals surface area contributed by atoms with Crippen molar-refractivity contribution in [1.29, 1.82) is 0 Å². The maximum Gasteiger partial charge on any atom is 0.248 e. The first-order valence-corrected chi connectivity index (χ1v) is 15.3. The lowest BCUT2D eigenvalue weighted by Crippen LogP contribution is -2.57. The number of rotatable bonds is 17. The number of hydrogen-bond acceptors (Lipinski definition) is 9. The zero-order valence-corrected chi connectivity index (χ0v) is 26.7. The normalized spacial score (nSPS) is 18.3. The molecule has 0 radical (unpaired) electrons. The van der Waals surface area contributed by atoms with Crippen LogP contribution in [0.1, 0.15) is 59.4 Å². The number of carbonyl (C=O) groups excluding carboxylic acids is 6. The number of aliphatic hydroxyl groups is 1. The quantitative estimate of drug-likeness (QED) is 0.113. The van der Waals surface area contributed by atoms with Gasteiger partial charge in [-0.05, 0) is 42.4 Å². The Morgan fingerprint density at radius 2 is 1.60 bits per heavy atom. The predicted octanol–water partition coefficient (Wildman–Crippen LogP) is -0.893. The second kappa shape index (κ2) is 17.4. The molecule has 5 unspecified atom stereocenters. The number of Topliss-reactive ketones (excluding diaryl/α,β-unsaturated/α-hetero) is 1. The number of β-amino-alcohol motifs (C(OH)–C–C–N with tert-alkyl or cyclic N) is 1. The lowest BCUT2D eigenvalue weighted by Gasteiger charge is -2.30. The Morgan fingerprint density at radius 3 is 2.16 bits per heavy atom. The molecule has 45 heavy (non-hydrogen) atoms. The van der Waals surface area contributed by atoms with Gasteiger partial charge in [-0.3, -0.25) is 28.8 Å². The van der Waals surface area contributed by atoms with E-state index in [1.807, 2.05) is 20.8 Å². The number of nitrogens with zero attached hydrogens (tertiary/aromatic N) is 1. The highest BCUT2D eigenvalue weighted by Crippen LogP contribution is 2.21. The Labute approximate surface area is 263 Å². The van der Waals surface area contributed by atoms with Crippen LogP contribution >= 0.6 is 0 Å². The van der Waals surface area contributed by atoms with E-state index in [0.717, 1.165) is 4.90 Å². The molecule has 8 N–H and O–H groups in total. The largest absolute Gasteiger partial charge is 0.508 e. The number of carbonyl (C=O) groups is 6. The molecule has 5 amide bonds. The molecular formula is C31H48N6O8. The number of likely N-dealkylation sites (tertiary alicyclic amines) is 1. The number of phenolic OH excluding ortho intramolecular Hbond substituents is 1. The Morgan fingerprint density at radius 1 is 0.978 bits per heavy atom. The number of nitrogens with two attached hydrogens (primary N) is 1. The summed E-state index contributed by atoms with van der Waals surface area (Å²) in [7, 11) is 0. The van der Waals surface area contributed by atoms with E-state index in [4.69, 9.17) is 5.73 Å². The van der Waals surface area contributed by atoms with Crippen LogP contribution in [0.15, 0.2) is 24.3 Å². The number of aromatic hydroxyl groups is 1. The molecule has 5 atom stereocenters. The highest BCUT2D eigenvalue weighted by Gasteiger charge is 2.46. The smallest absolute Gasteiger partial charge is 0.248 e. The van der Waals surface area contributed by atoms with Gasteiger partial charge in [0.15, 0.2) is 5.78 Å². The first-order chi connectivity index (χ1) is 21.2. The van der Waals surface area contributed by atoms with Crippen LogP contribution in [0.5, 0.6) is 5.75 Å². The van der Waals surface area contributed by atoms with Crippen LogP contribution in [0.2, 0.25) is 0 Å². The monoisotopic (exact) mass is 632 g/mol. The fourth-order valence-corrected chi connectivity index (χ4v) is 5.22. The summed E-state index contributed by atoms with van der Waals surface area (Å²) in [4.78, 5) is 78.3. The third kappa shape index (κ3) is 11.1. The molecule has 14 nitrogen and oxygen atoms in total. The third-order valence-corrected chi connectivity index (χ3v) is 7.42. The summed E-state index contributed by atoms with van der Waals surface area (Å²) >= 11 is 0. The average Bonchev–Trinajstić information content (AvgIpc) is 3.23. The van der Waals surface area contributed by atoms with Crippen molar-refractivity contribution in [2.24, 2.45) is 17.6 Å². The van der Waals surface area contributed by atoms with Gasteiger partial charge >= 0.3 is 0 Å². The van der Waals surface area contributed by atoms with Crippen molar-refractivity contribution in [2.75, 3.05) is 19.6 Å². The molecule has 250 valence electrons. The maximum atomic E-state index is 13.4. The van der Waals surface area contributed by atoms with Gasteiger partial charge in [-0.1, -0.05) is 46.8 Å². The minimum Gasteiger partial charge on any atom is -0.508 e. The number of nitrogens with one attached hydrogen (secondary N) is 4. The van der Waals surface area contributed by atoms with E-state index in [9.17, 15) is 39.0 Å². The van der Waals surface area contributed by atoms with Crippen molar-refractivity contribution in [3.05, 3.63) is 29.8 Å². The van der Waals surface area contributed by atoms with Gasteiger partial charge in [0.2, 0.25) is 29.5 Å². The van der Waals surface area contributed by atoms with Crippen molar-refractivity contribution in [3.63, 3.8) is 0 Å². The number of amides is 5. The minimum atomic E-state index is -1.40. The fraction of sp³-hybridized carbons (Fsp3) is 0.613. The summed E-state index contributed by atoms with van der Waals surface area (Å²) < 4.78 is 0. The van der Waals surface area contributed by atoms with Crippen molar-refractivity contribution in [3.8, 4) is 5.75 Å². The highest BCUT2D eigenvalue weighted by atomic mass is 16.3. The molecule has 0 saturated carbocycles. The molecule has 1 aliphatic rings. The molecule has 14 heteroatoms. The third-order valence-electron chi connectivity index (χ3n) is 7.42. The van der Waals surface area contributed by atoms with Gasteiger partial charge in [0.1, 0.15) is 30.0 Å². The van der Waals surface area contributed by atoms with Crippen molar-refractivity contribution < 1.29 is 39.0 Å². The number of hydrogen-bond donors (Lipinski definition) is 7. The van der Waals surface area contributed by atoms with Crippen molar-refractivity contribution in [1.82, 2.24) is 26.2 Å². The number of aliphatic hydroxyl groups excluding tert-OH is 1. The molecule has 2 rings (SSSR count). The first-order valence-electron chi connectivity index (χ1n) is 15.3. The van der Waals surface area contributed by atoms with E-state index < -0.39 is 72.3 Å². The van der Waals surface area contributed by atoms with Crippen LogP contribution in [0.3, 0.4) is 0 Å². The summed E-state index contributed by atoms with van der Waals surface area (Å²) in [6.07, 6.45) is 0.0910. The van der Waals surface area contributed by atoms with Crippen molar-refractivity contribution in [2.45, 2.75) is 90.6 Å². The lowest BCUT2D eigenvalue weighted by atomic mass is 9.98. The summed E-state index contributed by atoms with van der Waals surface area (Å²) in [5, 5.41) is 30.5. The highest BCUT2D eigenvalue weighted by molar-refractivity contribution is 5.97. The summed E-state index contributed by atoms with van der Waals surface area (Å²) in [6.45, 7) is 8.11. The van der Waals surface area contributed by atoms with E-state index >= 15 is 0 Å². The van der Waals surface area contributed by atoms with Gasteiger partial charge in [-0.15, -0.1) is 0 Å². The van der Waals surface area contributed by atoms with Gasteiger partial charge < -0.3 is 42.1 Å². The zero-order valence-electron chi connectivity index (χ0n) is 26.7. The molecule has 0 bridgehead atoms. The van der Waals surface area contributed by atoms with Crippen LogP contribution < -0.4 is 27.0 Å². The number of benzene rings is 1. The van der Waals surface area contributed by atoms with Gasteiger partial charge in [0.25, 0.3) is 0 Å². The fourth-order valence-electron chi connectivity index (χ4n) is 5.22. The Balaban J connectivity index is 2.10. The van der Waals surface area contributed by atoms with Gasteiger partial charge in [-0.2, -0.15) is 0 Å². The topological polar surface area (TPSA) is 220 Å². The van der Waals surface area contributed by atoms with E-state index in [0.29, 0.717) is 24.8 Å². The molecule has 0 aliphatic carbocycles. The van der Waals surface area contributed by atoms with E-state index in [-0.39, 0.29) is 37.0 Å². The van der Waals surface area contributed by atoms with Crippen LogP contribution in [0.4, 0.5) is 0 Å². The summed E-state index contributed by atoms with van der Waals surface area (Å²) in [5.74, 6) is -3.56. The molecule has 0 aromatic heterocycles. The first kappa shape index (κ1) is 37.1. The molecule has 1 aromatic carbocycles. The number of phenols is 1. The standard InChI is InChI=1S/C31H48N6O8/c1-6-7-23(39)21(12-17(2)3)34-26(42)15-33-30(44)28(18(4)5)37-16-24(40)27(31(37)45)36-29(43)22(35-25(41)14-32)13-19-8-10-20(38)11-9-19/h8-11,17-18,21-22,24,27-28,38,40H,6-7,12-16,32H2,1-5H3,(H,33,44)(H,34,42)(H,35,41)(H,36,43). The second-order valence-electron chi connectivity index (χ2n) is 12.1. The zero-order chi connectivity index (χ0) is 33.8. The predicted molar refractivity (Wildman–Crippen MR) is 165 cm³/mol. The molecule has 1 aromatic rings. The SMILES string of the molecule is CCCC(=O)C(CC(C)C)NC(=O)CNC(=O)C(C(C)C)N1CC(O)C(NC(=O)C(Cc2ccc(O)cc2)NC(=O)CN)C1=O. The van der Waals surface area contributed by atoms with Crippen LogP contribution in [-0.4, -0.2) is 100 Å². The average molecular weight is 633 g/mol. The summed E-state index contributed by atoms with van der Waals surface area (Å²) in [6, 6.07) is 1.71. The molecule has 0 spiro atoms. The lowest BCUT2D eigenvalue weighted by molar-refractivity contribution is -0.141. The van der Waals surface area contributed by atoms with Crippen LogP contribution in [0, 0.1) is 11.8 Å². The van der Waals surface area contributed by atoms with E-state index in [2.05, 4.69) is 21.3 Å². The number of ketones is 1. The molecule has 1 fully saturated rings. The van der Waals surface area contributed by atoms with Gasteiger partial charge in [0.05, 0.1) is 25.7 Å². The van der Waals surface area contributed by atoms with Gasteiger partial charge in [0, 0.05) is 12.8 Å². The Hall–Kier alpha value is -4.04. The molecule has 1 aliphatic heterocycles. The second-order valence-corrected chi connectivity index (χ2v) is 12.1. The maximum absolute atomic E-state index is 13.4. The Bertz CT molecular complexity index is 1200. The Kier molecular flexibility index (Phi) is 14.4. The van der Waals surface area contributed by atoms with Crippen molar-refractivity contribution >= 4 is 35.3 Å². The van der Waals surface area contributed by atoms with Crippen LogP contribution in [0.25, 0.3) is 0 Å².